The highest BCUT2D eigenvalue weighted by Crippen LogP contribution is 2.25. The molecule has 1 amide bonds. The molecule has 7 nitrogen and oxygen atoms in total. The predicted octanol–water partition coefficient (Wildman–Crippen LogP) is 2.74. The van der Waals surface area contributed by atoms with E-state index in [0.29, 0.717) is 23.5 Å². The summed E-state index contributed by atoms with van der Waals surface area (Å²) < 4.78 is 15.6. The van der Waals surface area contributed by atoms with Gasteiger partial charge in [0.1, 0.15) is 12.4 Å². The summed E-state index contributed by atoms with van der Waals surface area (Å²) in [5.41, 5.74) is 1.20. The molecule has 1 aromatic carbocycles. The fourth-order valence-corrected chi connectivity index (χ4v) is 3.26. The van der Waals surface area contributed by atoms with E-state index in [1.807, 2.05) is 6.07 Å². The van der Waals surface area contributed by atoms with E-state index < -0.39 is 12.2 Å². The standard InChI is InChI=1S/C18H16N2O5S/c1-23-17(21)7-16-6-14(11-26-16)24-10-15-9-20(18(22)25-15)13-4-2-12(8-19)3-5-13/h2-6,11,15H,7,9-10H2,1H3. The highest BCUT2D eigenvalue weighted by Gasteiger charge is 2.32. The number of cyclic esters (lactones) is 1. The molecule has 1 saturated heterocycles. The van der Waals surface area contributed by atoms with E-state index in [9.17, 15) is 9.59 Å². The number of esters is 1. The summed E-state index contributed by atoms with van der Waals surface area (Å²) in [6, 6.07) is 10.5. The van der Waals surface area contributed by atoms with Crippen LogP contribution in [0, 0.1) is 11.3 Å². The van der Waals surface area contributed by atoms with Gasteiger partial charge in [-0.15, -0.1) is 11.3 Å². The minimum atomic E-state index is -0.444. The third kappa shape index (κ3) is 4.13. The predicted molar refractivity (Wildman–Crippen MR) is 94.3 cm³/mol. The normalized spacial score (nSPS) is 16.1. The first kappa shape index (κ1) is 17.8. The van der Waals surface area contributed by atoms with E-state index in [1.165, 1.54) is 23.3 Å². The van der Waals surface area contributed by atoms with E-state index >= 15 is 0 Å². The molecule has 26 heavy (non-hydrogen) atoms. The van der Waals surface area contributed by atoms with E-state index in [2.05, 4.69) is 4.74 Å². The Bertz CT molecular complexity index is 840. The molecule has 0 N–H and O–H groups in total. The summed E-state index contributed by atoms with van der Waals surface area (Å²) >= 11 is 1.41. The maximum absolute atomic E-state index is 12.0. The molecule has 1 unspecified atom stereocenters. The number of benzene rings is 1. The van der Waals surface area contributed by atoms with Gasteiger partial charge in [-0.3, -0.25) is 9.69 Å². The number of hydrogen-bond donors (Lipinski definition) is 0. The van der Waals surface area contributed by atoms with Crippen LogP contribution in [0.15, 0.2) is 35.7 Å². The van der Waals surface area contributed by atoms with Crippen LogP contribution in [-0.2, 0) is 20.7 Å². The van der Waals surface area contributed by atoms with Crippen LogP contribution in [0.2, 0.25) is 0 Å². The van der Waals surface area contributed by atoms with Crippen LogP contribution in [0.3, 0.4) is 0 Å². The Labute approximate surface area is 154 Å². The second-order valence-corrected chi connectivity index (χ2v) is 6.58. The van der Waals surface area contributed by atoms with Crippen molar-refractivity contribution in [1.82, 2.24) is 0 Å². The average Bonchev–Trinajstić information content (AvgIpc) is 3.26. The van der Waals surface area contributed by atoms with Gasteiger partial charge in [-0.2, -0.15) is 5.26 Å². The molecule has 1 atom stereocenters. The zero-order valence-corrected chi connectivity index (χ0v) is 14.8. The molecule has 1 aromatic heterocycles. The first-order valence-corrected chi connectivity index (χ1v) is 8.72. The number of hydrogen-bond acceptors (Lipinski definition) is 7. The van der Waals surface area contributed by atoms with Crippen molar-refractivity contribution in [2.45, 2.75) is 12.5 Å². The van der Waals surface area contributed by atoms with Crippen molar-refractivity contribution in [2.24, 2.45) is 0 Å². The number of thiophene rings is 1. The van der Waals surface area contributed by atoms with Crippen LogP contribution in [-0.4, -0.2) is 38.4 Å². The summed E-state index contributed by atoms with van der Waals surface area (Å²) in [5.74, 6) is 0.322. The Morgan fingerprint density at radius 3 is 2.88 bits per heavy atom. The molecule has 0 aliphatic carbocycles. The third-order valence-corrected chi connectivity index (χ3v) is 4.71. The summed E-state index contributed by atoms with van der Waals surface area (Å²) in [5, 5.41) is 10.6. The molecule has 0 spiro atoms. The second-order valence-electron chi connectivity index (χ2n) is 5.59. The maximum Gasteiger partial charge on any atom is 0.414 e. The van der Waals surface area contributed by atoms with E-state index in [-0.39, 0.29) is 19.0 Å². The highest BCUT2D eigenvalue weighted by molar-refractivity contribution is 7.10. The van der Waals surface area contributed by atoms with Crippen molar-refractivity contribution in [3.8, 4) is 11.8 Å². The Balaban J connectivity index is 1.54. The van der Waals surface area contributed by atoms with Gasteiger partial charge >= 0.3 is 12.1 Å². The van der Waals surface area contributed by atoms with Gasteiger partial charge in [0.15, 0.2) is 6.10 Å². The number of methoxy groups -OCH3 is 1. The molecular weight excluding hydrogens is 356 g/mol. The molecule has 3 rings (SSSR count). The summed E-state index contributed by atoms with van der Waals surface area (Å²) in [6.45, 7) is 0.580. The second kappa shape index (κ2) is 7.89. The Morgan fingerprint density at radius 2 is 2.19 bits per heavy atom. The van der Waals surface area contributed by atoms with Gasteiger partial charge in [-0.05, 0) is 30.3 Å². The molecule has 2 aromatic rings. The Hall–Kier alpha value is -3.05. The van der Waals surface area contributed by atoms with Gasteiger partial charge in [0.25, 0.3) is 0 Å². The van der Waals surface area contributed by atoms with Crippen molar-refractivity contribution < 1.29 is 23.8 Å². The van der Waals surface area contributed by atoms with E-state index in [1.54, 1.807) is 35.7 Å². The van der Waals surface area contributed by atoms with Gasteiger partial charge in [-0.25, -0.2) is 4.79 Å². The smallest absolute Gasteiger partial charge is 0.414 e. The van der Waals surface area contributed by atoms with Crippen LogP contribution in [0.5, 0.6) is 5.75 Å². The molecule has 0 saturated carbocycles. The number of carbonyl (C=O) groups is 2. The number of anilines is 1. The van der Waals surface area contributed by atoms with Gasteiger partial charge in [0, 0.05) is 15.9 Å². The van der Waals surface area contributed by atoms with E-state index in [4.69, 9.17) is 14.7 Å². The van der Waals surface area contributed by atoms with Crippen LogP contribution in [0.4, 0.5) is 10.5 Å². The lowest BCUT2D eigenvalue weighted by molar-refractivity contribution is -0.139. The topological polar surface area (TPSA) is 88.9 Å². The Kier molecular flexibility index (Phi) is 5.39. The maximum atomic E-state index is 12.0. The van der Waals surface area contributed by atoms with E-state index in [0.717, 1.165) is 4.88 Å². The monoisotopic (exact) mass is 372 g/mol. The lowest BCUT2D eigenvalue weighted by Crippen LogP contribution is -2.26. The molecule has 8 heteroatoms. The highest BCUT2D eigenvalue weighted by atomic mass is 32.1. The van der Waals surface area contributed by atoms with Crippen molar-refractivity contribution in [3.05, 3.63) is 46.2 Å². The largest absolute Gasteiger partial charge is 0.489 e. The molecular formula is C18H16N2O5S. The van der Waals surface area contributed by atoms with Crippen LogP contribution >= 0.6 is 11.3 Å². The zero-order valence-electron chi connectivity index (χ0n) is 14.0. The SMILES string of the molecule is COC(=O)Cc1cc(OCC2CN(c3ccc(C#N)cc3)C(=O)O2)cs1. The fraction of sp³-hybridized carbons (Fsp3) is 0.278. The van der Waals surface area contributed by atoms with Crippen LogP contribution in [0.25, 0.3) is 0 Å². The molecule has 0 radical (unpaired) electrons. The number of carbonyl (C=O) groups excluding carboxylic acids is 2. The number of rotatable bonds is 6. The van der Waals surface area contributed by atoms with Crippen molar-refractivity contribution >= 4 is 29.1 Å². The van der Waals surface area contributed by atoms with Crippen molar-refractivity contribution in [3.63, 3.8) is 0 Å². The summed E-state index contributed by atoms with van der Waals surface area (Å²) in [4.78, 5) is 25.7. The zero-order chi connectivity index (χ0) is 18.5. The minimum Gasteiger partial charge on any atom is -0.489 e. The number of amides is 1. The molecule has 0 bridgehead atoms. The first-order chi connectivity index (χ1) is 12.6. The molecule has 2 heterocycles. The van der Waals surface area contributed by atoms with Crippen molar-refractivity contribution in [2.75, 3.05) is 25.2 Å². The lowest BCUT2D eigenvalue weighted by Gasteiger charge is -2.12. The molecule has 134 valence electrons. The fourth-order valence-electron chi connectivity index (χ4n) is 2.47. The Morgan fingerprint density at radius 1 is 1.42 bits per heavy atom. The minimum absolute atomic E-state index is 0.204. The van der Waals surface area contributed by atoms with Crippen LogP contribution in [0.1, 0.15) is 10.4 Å². The quantitative estimate of drug-likeness (QED) is 0.725. The number of ether oxygens (including phenoxy) is 3. The van der Waals surface area contributed by atoms with Gasteiger partial charge in [-0.1, -0.05) is 0 Å². The third-order valence-electron chi connectivity index (χ3n) is 3.79. The molecule has 1 aliphatic heterocycles. The van der Waals surface area contributed by atoms with Crippen molar-refractivity contribution in [1.29, 1.82) is 5.26 Å². The first-order valence-electron chi connectivity index (χ1n) is 7.84. The summed E-state index contributed by atoms with van der Waals surface area (Å²) in [7, 11) is 1.35. The molecule has 1 aliphatic rings. The van der Waals surface area contributed by atoms with Gasteiger partial charge in [0.2, 0.25) is 0 Å². The van der Waals surface area contributed by atoms with Gasteiger partial charge < -0.3 is 14.2 Å². The number of nitrogens with zero attached hydrogens (tertiary/aromatic N) is 2. The lowest BCUT2D eigenvalue weighted by atomic mass is 10.2. The van der Waals surface area contributed by atoms with Crippen LogP contribution < -0.4 is 9.64 Å². The molecule has 1 fully saturated rings. The van der Waals surface area contributed by atoms with Gasteiger partial charge in [0.05, 0.1) is 31.7 Å². The average molecular weight is 372 g/mol. The number of nitriles is 1. The summed E-state index contributed by atoms with van der Waals surface area (Å²) in [6.07, 6.45) is -0.641.